The van der Waals surface area contributed by atoms with Crippen LogP contribution >= 0.6 is 0 Å². The van der Waals surface area contributed by atoms with E-state index in [1.54, 1.807) is 6.92 Å². The molecule has 0 aromatic carbocycles. The number of aliphatic hydroxyl groups is 1. The average Bonchev–Trinajstić information content (AvgIpc) is 2.67. The maximum atomic E-state index is 11.7. The molecule has 2 aromatic rings. The maximum Gasteiger partial charge on any atom is 0.254 e. The van der Waals surface area contributed by atoms with Crippen molar-refractivity contribution in [3.63, 3.8) is 0 Å². The minimum absolute atomic E-state index is 0.0954. The summed E-state index contributed by atoms with van der Waals surface area (Å²) in [7, 11) is 0. The van der Waals surface area contributed by atoms with E-state index in [0.29, 0.717) is 22.5 Å². The predicted octanol–water partition coefficient (Wildman–Crippen LogP) is -0.263. The van der Waals surface area contributed by atoms with Gasteiger partial charge in [-0.05, 0) is 6.92 Å². The van der Waals surface area contributed by atoms with Gasteiger partial charge in [0.1, 0.15) is 11.6 Å². The van der Waals surface area contributed by atoms with Crippen molar-refractivity contribution < 1.29 is 5.11 Å². The highest BCUT2D eigenvalue weighted by atomic mass is 16.3. The van der Waals surface area contributed by atoms with Gasteiger partial charge < -0.3 is 10.1 Å². The molecule has 0 saturated heterocycles. The van der Waals surface area contributed by atoms with Crippen molar-refractivity contribution in [2.75, 3.05) is 6.61 Å². The molecule has 0 bridgehead atoms. The van der Waals surface area contributed by atoms with Crippen molar-refractivity contribution in [1.82, 2.24) is 14.6 Å². The zero-order valence-corrected chi connectivity index (χ0v) is 8.69. The Morgan fingerprint density at radius 2 is 2.44 bits per heavy atom. The largest absolute Gasteiger partial charge is 0.396 e. The van der Waals surface area contributed by atoms with Crippen LogP contribution in [0.1, 0.15) is 16.8 Å². The lowest BCUT2D eigenvalue weighted by molar-refractivity contribution is 0.298. The molecule has 0 saturated carbocycles. The number of hydrogen-bond acceptors (Lipinski definition) is 4. The van der Waals surface area contributed by atoms with E-state index in [0.717, 1.165) is 0 Å². The topological polar surface area (TPSA) is 94.2 Å². The highest BCUT2D eigenvalue weighted by molar-refractivity contribution is 5.54. The Bertz CT molecular complexity index is 633. The summed E-state index contributed by atoms with van der Waals surface area (Å²) in [5.74, 6) is 0. The van der Waals surface area contributed by atoms with Crippen molar-refractivity contribution in [1.29, 1.82) is 5.26 Å². The molecule has 0 atom stereocenters. The van der Waals surface area contributed by atoms with Crippen molar-refractivity contribution >= 4 is 5.65 Å². The molecule has 2 N–H and O–H groups in total. The summed E-state index contributed by atoms with van der Waals surface area (Å²) in [4.78, 5) is 14.3. The number of nitrogens with one attached hydrogen (secondary N) is 1. The average molecular weight is 218 g/mol. The van der Waals surface area contributed by atoms with Crippen LogP contribution < -0.4 is 5.56 Å². The van der Waals surface area contributed by atoms with E-state index in [4.69, 9.17) is 10.4 Å². The second-order valence-corrected chi connectivity index (χ2v) is 3.42. The first-order valence-electron chi connectivity index (χ1n) is 4.79. The molecule has 2 aromatic heterocycles. The lowest BCUT2D eigenvalue weighted by Gasteiger charge is -2.05. The Labute approximate surface area is 90.8 Å². The van der Waals surface area contributed by atoms with Gasteiger partial charge in [0.05, 0.1) is 11.9 Å². The van der Waals surface area contributed by atoms with E-state index in [9.17, 15) is 4.79 Å². The van der Waals surface area contributed by atoms with E-state index >= 15 is 0 Å². The Morgan fingerprint density at radius 1 is 1.69 bits per heavy atom. The third-order valence-electron chi connectivity index (χ3n) is 2.51. The molecule has 0 aliphatic carbocycles. The zero-order valence-electron chi connectivity index (χ0n) is 8.69. The molecular formula is C10H10N4O2. The number of aliphatic hydroxyl groups excluding tert-OH is 1. The second-order valence-electron chi connectivity index (χ2n) is 3.42. The normalized spacial score (nSPS) is 10.6. The molecule has 2 heterocycles. The monoisotopic (exact) mass is 218 g/mol. The van der Waals surface area contributed by atoms with Gasteiger partial charge in [0.15, 0.2) is 5.65 Å². The fourth-order valence-electron chi connectivity index (χ4n) is 1.69. The number of rotatable bonds is 2. The summed E-state index contributed by atoms with van der Waals surface area (Å²) < 4.78 is 1.50. The maximum absolute atomic E-state index is 11.7. The first kappa shape index (κ1) is 10.4. The number of fused-ring (bicyclic) bond motifs is 1. The smallest absolute Gasteiger partial charge is 0.254 e. The molecular weight excluding hydrogens is 208 g/mol. The van der Waals surface area contributed by atoms with Gasteiger partial charge >= 0.3 is 0 Å². The van der Waals surface area contributed by atoms with Crippen molar-refractivity contribution in [2.45, 2.75) is 13.3 Å². The van der Waals surface area contributed by atoms with Crippen LogP contribution in [0, 0.1) is 18.3 Å². The van der Waals surface area contributed by atoms with Gasteiger partial charge in [-0.3, -0.25) is 4.79 Å². The van der Waals surface area contributed by atoms with Gasteiger partial charge in [0.25, 0.3) is 5.56 Å². The van der Waals surface area contributed by atoms with Crippen LogP contribution in [0.25, 0.3) is 5.65 Å². The molecule has 0 spiro atoms. The molecule has 2 rings (SSSR count). The Balaban J connectivity index is 2.81. The van der Waals surface area contributed by atoms with Crippen molar-refractivity contribution in [2.24, 2.45) is 0 Å². The fraction of sp³-hybridized carbons (Fsp3) is 0.300. The summed E-state index contributed by atoms with van der Waals surface area (Å²) >= 11 is 0. The van der Waals surface area contributed by atoms with Crippen LogP contribution in [-0.2, 0) is 6.42 Å². The highest BCUT2D eigenvalue weighted by Gasteiger charge is 2.12. The minimum Gasteiger partial charge on any atom is -0.396 e. The second kappa shape index (κ2) is 3.79. The molecule has 6 nitrogen and oxygen atoms in total. The number of hydrogen-bond donors (Lipinski definition) is 2. The summed E-state index contributed by atoms with van der Waals surface area (Å²) in [6.45, 7) is 1.64. The van der Waals surface area contributed by atoms with E-state index in [2.05, 4.69) is 10.1 Å². The highest BCUT2D eigenvalue weighted by Crippen LogP contribution is 2.09. The molecule has 82 valence electrons. The number of nitrogens with zero attached hydrogens (tertiary/aromatic N) is 3. The Kier molecular flexibility index (Phi) is 2.46. The molecule has 0 aliphatic heterocycles. The number of H-pyrrole nitrogens is 1. The summed E-state index contributed by atoms with van der Waals surface area (Å²) in [6, 6.07) is 1.95. The molecule has 0 radical (unpaired) electrons. The standard InChI is InChI=1S/C10H10N4O2/c1-6-8(2-3-15)10(16)13-9-7(4-11)5-12-14(6)9/h5,15H,2-3H2,1H3,(H,13,16). The van der Waals surface area contributed by atoms with Gasteiger partial charge in [-0.1, -0.05) is 0 Å². The summed E-state index contributed by atoms with van der Waals surface area (Å²) in [6.07, 6.45) is 1.68. The van der Waals surface area contributed by atoms with E-state index in [1.165, 1.54) is 10.7 Å². The SMILES string of the molecule is Cc1c(CCO)c(=O)[nH]c2c(C#N)cnn12. The van der Waals surface area contributed by atoms with Gasteiger partial charge in [-0.15, -0.1) is 0 Å². The third kappa shape index (κ3) is 1.38. The molecule has 16 heavy (non-hydrogen) atoms. The quantitative estimate of drug-likeness (QED) is 0.725. The van der Waals surface area contributed by atoms with Crippen LogP contribution in [0.3, 0.4) is 0 Å². The van der Waals surface area contributed by atoms with Crippen LogP contribution in [0.5, 0.6) is 0 Å². The van der Waals surface area contributed by atoms with E-state index in [1.807, 2.05) is 6.07 Å². The molecule has 0 aliphatic rings. The lowest BCUT2D eigenvalue weighted by atomic mass is 10.2. The van der Waals surface area contributed by atoms with Crippen molar-refractivity contribution in [3.05, 3.63) is 33.4 Å². The van der Waals surface area contributed by atoms with Gasteiger partial charge in [-0.2, -0.15) is 10.4 Å². The van der Waals surface area contributed by atoms with Crippen LogP contribution in [0.2, 0.25) is 0 Å². The lowest BCUT2D eigenvalue weighted by Crippen LogP contribution is -2.19. The van der Waals surface area contributed by atoms with Crippen LogP contribution in [0.15, 0.2) is 11.0 Å². The number of nitriles is 1. The van der Waals surface area contributed by atoms with Crippen LogP contribution in [0.4, 0.5) is 0 Å². The Morgan fingerprint density at radius 3 is 3.06 bits per heavy atom. The van der Waals surface area contributed by atoms with Gasteiger partial charge in [0.2, 0.25) is 0 Å². The van der Waals surface area contributed by atoms with Gasteiger partial charge in [-0.25, -0.2) is 4.52 Å². The third-order valence-corrected chi connectivity index (χ3v) is 2.51. The van der Waals surface area contributed by atoms with E-state index in [-0.39, 0.29) is 18.6 Å². The summed E-state index contributed by atoms with van der Waals surface area (Å²) in [5, 5.41) is 21.7. The first-order valence-corrected chi connectivity index (χ1v) is 4.79. The first-order chi connectivity index (χ1) is 7.69. The summed E-state index contributed by atoms with van der Waals surface area (Å²) in [5.41, 5.74) is 1.58. The number of aromatic amines is 1. The van der Waals surface area contributed by atoms with Crippen molar-refractivity contribution in [3.8, 4) is 6.07 Å². The molecule has 0 unspecified atom stereocenters. The van der Waals surface area contributed by atoms with Gasteiger partial charge in [0, 0.05) is 18.6 Å². The Hall–Kier alpha value is -2.13. The number of aromatic nitrogens is 3. The van der Waals surface area contributed by atoms with E-state index < -0.39 is 0 Å². The molecule has 6 heteroatoms. The minimum atomic E-state index is -0.281. The zero-order chi connectivity index (χ0) is 11.7. The van der Waals surface area contributed by atoms with Crippen LogP contribution in [-0.4, -0.2) is 26.3 Å². The molecule has 0 fully saturated rings. The molecule has 0 amide bonds. The fourth-order valence-corrected chi connectivity index (χ4v) is 1.69. The predicted molar refractivity (Wildman–Crippen MR) is 56.1 cm³/mol. The number of aryl methyl sites for hydroxylation is 1.